The number of piperazine rings is 1. The lowest BCUT2D eigenvalue weighted by Gasteiger charge is -2.36. The van der Waals surface area contributed by atoms with Crippen molar-refractivity contribution in [3.05, 3.63) is 71.0 Å². The Hall–Kier alpha value is -3.13. The van der Waals surface area contributed by atoms with Gasteiger partial charge in [0.1, 0.15) is 0 Å². The van der Waals surface area contributed by atoms with E-state index < -0.39 is 0 Å². The van der Waals surface area contributed by atoms with Crippen LogP contribution in [0, 0.1) is 0 Å². The van der Waals surface area contributed by atoms with Crippen LogP contribution in [0.2, 0.25) is 0 Å². The fraction of sp³-hybridized carbons (Fsp3) is 0.238. The molecule has 0 spiro atoms. The molecule has 7 nitrogen and oxygen atoms in total. The largest absolute Gasteiger partial charge is 0.368 e. The normalized spacial score (nSPS) is 14.1. The first-order valence-corrected chi connectivity index (χ1v) is 10.4. The molecule has 0 aliphatic carbocycles. The number of carbonyl (C=O) groups is 1. The first-order chi connectivity index (χ1) is 14.2. The summed E-state index contributed by atoms with van der Waals surface area (Å²) in [6, 6.07) is 19.4. The van der Waals surface area contributed by atoms with Gasteiger partial charge in [-0.2, -0.15) is 0 Å². The topological polar surface area (TPSA) is 82.2 Å². The number of nitrogens with zero attached hydrogens (tertiary/aromatic N) is 4. The van der Waals surface area contributed by atoms with Crippen LogP contribution in [0.3, 0.4) is 0 Å². The number of carbonyl (C=O) groups excluding carboxylic acids is 1. The number of hydrogen-bond acceptors (Lipinski definition) is 6. The van der Waals surface area contributed by atoms with Gasteiger partial charge in [-0.3, -0.25) is 14.6 Å². The van der Waals surface area contributed by atoms with Crippen LogP contribution in [-0.4, -0.2) is 57.9 Å². The molecule has 0 unspecified atom stereocenters. The third-order valence-electron chi connectivity index (χ3n) is 4.81. The van der Waals surface area contributed by atoms with Crippen molar-refractivity contribution in [2.75, 3.05) is 36.8 Å². The fourth-order valence-corrected chi connectivity index (χ4v) is 3.95. The predicted octanol–water partition coefficient (Wildman–Crippen LogP) is 2.27. The Kier molecular flexibility index (Phi) is 5.90. The van der Waals surface area contributed by atoms with Crippen LogP contribution in [0.15, 0.2) is 70.6 Å². The first kappa shape index (κ1) is 19.2. The highest BCUT2D eigenvalue weighted by Gasteiger charge is 2.21. The Balaban J connectivity index is 1.31. The van der Waals surface area contributed by atoms with E-state index in [1.54, 1.807) is 0 Å². The molecule has 1 N–H and O–H groups in total. The second-order valence-corrected chi connectivity index (χ2v) is 7.63. The van der Waals surface area contributed by atoms with Gasteiger partial charge in [-0.1, -0.05) is 60.3 Å². The number of nitrogens with one attached hydrogen (secondary N) is 1. The number of para-hydroxylation sites is 1. The van der Waals surface area contributed by atoms with Gasteiger partial charge in [-0.15, -0.1) is 10.2 Å². The summed E-state index contributed by atoms with van der Waals surface area (Å²) in [6.07, 6.45) is 0. The molecule has 2 heterocycles. The molecule has 0 bridgehead atoms. The molecule has 4 rings (SSSR count). The Morgan fingerprint density at radius 3 is 2.24 bits per heavy atom. The van der Waals surface area contributed by atoms with Crippen molar-refractivity contribution in [2.24, 2.45) is 0 Å². The maximum Gasteiger partial charge on any atom is 0.278 e. The molecule has 1 aromatic heterocycles. The van der Waals surface area contributed by atoms with Gasteiger partial charge < -0.3 is 9.80 Å². The van der Waals surface area contributed by atoms with E-state index in [1.165, 1.54) is 17.4 Å². The highest BCUT2D eigenvalue weighted by atomic mass is 32.2. The van der Waals surface area contributed by atoms with E-state index in [9.17, 15) is 9.59 Å². The Labute approximate surface area is 172 Å². The monoisotopic (exact) mass is 407 g/mol. The number of amides is 1. The molecule has 148 valence electrons. The van der Waals surface area contributed by atoms with E-state index in [2.05, 4.69) is 32.2 Å². The summed E-state index contributed by atoms with van der Waals surface area (Å²) < 4.78 is 0. The third-order valence-corrected chi connectivity index (χ3v) is 5.66. The Morgan fingerprint density at radius 2 is 1.59 bits per heavy atom. The van der Waals surface area contributed by atoms with Crippen LogP contribution in [0.25, 0.3) is 11.3 Å². The minimum atomic E-state index is -0.308. The molecule has 0 radical (unpaired) electrons. The summed E-state index contributed by atoms with van der Waals surface area (Å²) in [6.45, 7) is 2.98. The Morgan fingerprint density at radius 1 is 0.931 bits per heavy atom. The standard InChI is InChI=1S/C21H21N5O2S/c27-18(26-13-11-25(12-14-26)17-9-5-2-6-10-17)15-29-21-22-20(28)19(23-24-21)16-7-3-1-4-8-16/h1-10H,11-15H2,(H,22,24,28). The number of benzene rings is 2. The molecule has 0 saturated carbocycles. The lowest BCUT2D eigenvalue weighted by atomic mass is 10.2. The second kappa shape index (κ2) is 8.91. The van der Waals surface area contributed by atoms with Crippen molar-refractivity contribution >= 4 is 23.4 Å². The van der Waals surface area contributed by atoms with Crippen LogP contribution in [0.4, 0.5) is 5.69 Å². The molecule has 1 aliphatic rings. The number of aromatic amines is 1. The summed E-state index contributed by atoms with van der Waals surface area (Å²) in [4.78, 5) is 31.7. The van der Waals surface area contributed by atoms with Crippen LogP contribution >= 0.6 is 11.8 Å². The third kappa shape index (κ3) is 4.65. The average Bonchev–Trinajstić information content (AvgIpc) is 2.79. The van der Waals surface area contributed by atoms with Crippen LogP contribution in [-0.2, 0) is 4.79 Å². The smallest absolute Gasteiger partial charge is 0.278 e. The van der Waals surface area contributed by atoms with Gasteiger partial charge in [0.2, 0.25) is 5.91 Å². The number of H-pyrrole nitrogens is 1. The van der Waals surface area contributed by atoms with Gasteiger partial charge >= 0.3 is 0 Å². The molecule has 3 aromatic rings. The van der Waals surface area contributed by atoms with Gasteiger partial charge in [-0.25, -0.2) is 0 Å². The molecular weight excluding hydrogens is 386 g/mol. The molecule has 8 heteroatoms. The summed E-state index contributed by atoms with van der Waals surface area (Å²) in [7, 11) is 0. The molecule has 1 amide bonds. The van der Waals surface area contributed by atoms with Gasteiger partial charge in [0, 0.05) is 37.4 Å². The molecule has 1 fully saturated rings. The minimum Gasteiger partial charge on any atom is -0.368 e. The van der Waals surface area contributed by atoms with Gasteiger partial charge in [-0.05, 0) is 12.1 Å². The maximum absolute atomic E-state index is 12.5. The van der Waals surface area contributed by atoms with E-state index >= 15 is 0 Å². The number of anilines is 1. The highest BCUT2D eigenvalue weighted by molar-refractivity contribution is 7.99. The average molecular weight is 407 g/mol. The van der Waals surface area contributed by atoms with Crippen LogP contribution in [0.5, 0.6) is 0 Å². The van der Waals surface area contributed by atoms with E-state index in [1.807, 2.05) is 53.4 Å². The highest BCUT2D eigenvalue weighted by Crippen LogP contribution is 2.18. The van der Waals surface area contributed by atoms with Gasteiger partial charge in [0.05, 0.1) is 5.75 Å². The fourth-order valence-electron chi connectivity index (χ4n) is 3.25. The van der Waals surface area contributed by atoms with E-state index in [0.29, 0.717) is 23.8 Å². The lowest BCUT2D eigenvalue weighted by Crippen LogP contribution is -2.49. The quantitative estimate of drug-likeness (QED) is 0.654. The van der Waals surface area contributed by atoms with Crippen molar-refractivity contribution in [1.29, 1.82) is 0 Å². The summed E-state index contributed by atoms with van der Waals surface area (Å²) in [5.41, 5.74) is 1.86. The molecular formula is C21H21N5O2S. The minimum absolute atomic E-state index is 0.0393. The molecule has 1 aliphatic heterocycles. The maximum atomic E-state index is 12.5. The number of hydrogen-bond donors (Lipinski definition) is 1. The van der Waals surface area contributed by atoms with Crippen molar-refractivity contribution < 1.29 is 4.79 Å². The zero-order valence-electron chi connectivity index (χ0n) is 15.8. The van der Waals surface area contributed by atoms with Crippen molar-refractivity contribution in [3.8, 4) is 11.3 Å². The van der Waals surface area contributed by atoms with Gasteiger partial charge in [0.15, 0.2) is 10.9 Å². The zero-order valence-corrected chi connectivity index (χ0v) is 16.6. The van der Waals surface area contributed by atoms with Crippen molar-refractivity contribution in [2.45, 2.75) is 5.16 Å². The second-order valence-electron chi connectivity index (χ2n) is 6.67. The number of rotatable bonds is 5. The Bertz CT molecular complexity index is 1020. The molecule has 29 heavy (non-hydrogen) atoms. The zero-order chi connectivity index (χ0) is 20.1. The predicted molar refractivity (Wildman–Crippen MR) is 114 cm³/mol. The van der Waals surface area contributed by atoms with Crippen molar-refractivity contribution in [3.63, 3.8) is 0 Å². The van der Waals surface area contributed by atoms with Gasteiger partial charge in [0.25, 0.3) is 5.56 Å². The summed E-state index contributed by atoms with van der Waals surface area (Å²) in [5, 5.41) is 8.45. The summed E-state index contributed by atoms with van der Waals surface area (Å²) >= 11 is 1.20. The molecule has 0 atom stereocenters. The van der Waals surface area contributed by atoms with Crippen LogP contribution < -0.4 is 10.5 Å². The molecule has 2 aromatic carbocycles. The number of thioether (sulfide) groups is 1. The first-order valence-electron chi connectivity index (χ1n) is 9.44. The van der Waals surface area contributed by atoms with E-state index in [0.717, 1.165) is 13.1 Å². The summed E-state index contributed by atoms with van der Waals surface area (Å²) in [5.74, 6) is 0.262. The lowest BCUT2D eigenvalue weighted by molar-refractivity contribution is -0.128. The molecule has 1 saturated heterocycles. The van der Waals surface area contributed by atoms with E-state index in [4.69, 9.17) is 0 Å². The van der Waals surface area contributed by atoms with Crippen LogP contribution in [0.1, 0.15) is 0 Å². The van der Waals surface area contributed by atoms with E-state index in [-0.39, 0.29) is 22.9 Å². The van der Waals surface area contributed by atoms with Crippen molar-refractivity contribution in [1.82, 2.24) is 20.1 Å². The number of aromatic nitrogens is 3. The SMILES string of the molecule is O=C(CSc1nnc(-c2ccccc2)c(=O)[nH]1)N1CCN(c2ccccc2)CC1.